The Labute approximate surface area is 171 Å². The maximum absolute atomic E-state index is 12.2. The van der Waals surface area contributed by atoms with E-state index < -0.39 is 0 Å². The zero-order chi connectivity index (χ0) is 20.5. The number of nitrogens with one attached hydrogen (secondary N) is 1. The van der Waals surface area contributed by atoms with E-state index in [0.29, 0.717) is 18.5 Å². The lowest BCUT2D eigenvalue weighted by molar-refractivity contribution is -0.122. The molecule has 0 unspecified atom stereocenters. The summed E-state index contributed by atoms with van der Waals surface area (Å²) in [6, 6.07) is 11.4. The number of para-hydroxylation sites is 1. The van der Waals surface area contributed by atoms with E-state index in [-0.39, 0.29) is 11.7 Å². The number of amides is 1. The van der Waals surface area contributed by atoms with Gasteiger partial charge in [-0.15, -0.1) is 6.58 Å². The Hall–Kier alpha value is -3.03. The molecule has 0 bridgehead atoms. The third-order valence-electron chi connectivity index (χ3n) is 4.85. The van der Waals surface area contributed by atoms with Gasteiger partial charge < -0.3 is 5.11 Å². The maximum Gasteiger partial charge on any atom is 0.254 e. The average molecular weight is 393 g/mol. The smallest absolute Gasteiger partial charge is 0.254 e. The lowest BCUT2D eigenvalue weighted by atomic mass is 10.1. The number of phenols is 1. The molecule has 152 valence electrons. The molecule has 1 aromatic heterocycles. The molecule has 1 aromatic carbocycles. The monoisotopic (exact) mass is 393 g/mol. The van der Waals surface area contributed by atoms with Gasteiger partial charge in [0.2, 0.25) is 0 Å². The second kappa shape index (κ2) is 10.5. The van der Waals surface area contributed by atoms with Crippen LogP contribution >= 0.6 is 0 Å². The SMILES string of the molecule is C=CCc1cccc(/C=N/NC(=O)CN2CCN(Cc3ccccn3)CC2)c1O. The summed E-state index contributed by atoms with van der Waals surface area (Å²) in [4.78, 5) is 21.0. The van der Waals surface area contributed by atoms with E-state index in [2.05, 4.69) is 31.9 Å². The molecule has 29 heavy (non-hydrogen) atoms. The van der Waals surface area contributed by atoms with Gasteiger partial charge in [0.25, 0.3) is 5.91 Å². The van der Waals surface area contributed by atoms with Gasteiger partial charge in [-0.2, -0.15) is 5.10 Å². The predicted octanol–water partition coefficient (Wildman–Crippen LogP) is 1.78. The number of piperazine rings is 1. The van der Waals surface area contributed by atoms with Gasteiger partial charge in [0.1, 0.15) is 5.75 Å². The lowest BCUT2D eigenvalue weighted by Gasteiger charge is -2.33. The third-order valence-corrected chi connectivity index (χ3v) is 4.85. The number of hydrogen-bond donors (Lipinski definition) is 2. The molecule has 1 amide bonds. The Bertz CT molecular complexity index is 846. The summed E-state index contributed by atoms with van der Waals surface area (Å²) in [5.41, 5.74) is 4.94. The summed E-state index contributed by atoms with van der Waals surface area (Å²) in [5, 5.41) is 14.2. The van der Waals surface area contributed by atoms with Crippen molar-refractivity contribution in [2.45, 2.75) is 13.0 Å². The first kappa shape index (κ1) is 20.7. The molecule has 0 spiro atoms. The van der Waals surface area contributed by atoms with Crippen LogP contribution in [0.1, 0.15) is 16.8 Å². The van der Waals surface area contributed by atoms with Gasteiger partial charge in [-0.1, -0.05) is 24.3 Å². The molecule has 2 heterocycles. The Morgan fingerprint density at radius 1 is 1.17 bits per heavy atom. The quantitative estimate of drug-likeness (QED) is 0.406. The van der Waals surface area contributed by atoms with E-state index in [1.807, 2.05) is 36.5 Å². The second-order valence-corrected chi connectivity index (χ2v) is 7.01. The largest absolute Gasteiger partial charge is 0.507 e. The molecule has 1 aliphatic rings. The Morgan fingerprint density at radius 3 is 2.69 bits per heavy atom. The van der Waals surface area contributed by atoms with E-state index in [4.69, 9.17) is 0 Å². The van der Waals surface area contributed by atoms with E-state index in [1.54, 1.807) is 12.1 Å². The van der Waals surface area contributed by atoms with Crippen LogP contribution in [0.4, 0.5) is 0 Å². The molecule has 2 aromatic rings. The topological polar surface area (TPSA) is 81.1 Å². The van der Waals surface area contributed by atoms with Gasteiger partial charge in [-0.05, 0) is 30.2 Å². The molecular formula is C22H27N5O2. The van der Waals surface area contributed by atoms with E-state index in [1.165, 1.54) is 6.21 Å². The summed E-state index contributed by atoms with van der Waals surface area (Å²) < 4.78 is 0. The molecule has 0 atom stereocenters. The van der Waals surface area contributed by atoms with E-state index in [9.17, 15) is 9.90 Å². The summed E-state index contributed by atoms with van der Waals surface area (Å²) in [6.45, 7) is 8.27. The highest BCUT2D eigenvalue weighted by molar-refractivity contribution is 5.86. The number of aromatic nitrogens is 1. The number of rotatable bonds is 8. The average Bonchev–Trinajstić information content (AvgIpc) is 2.73. The fourth-order valence-electron chi connectivity index (χ4n) is 3.27. The minimum absolute atomic E-state index is 0.162. The molecule has 2 N–H and O–H groups in total. The standard InChI is InChI=1S/C22H27N5O2/c1-2-6-18-7-5-8-19(22(18)29)15-24-25-21(28)17-27-13-11-26(12-14-27)16-20-9-3-4-10-23-20/h2-5,7-10,15,29H,1,6,11-14,16-17H2,(H,25,28)/b24-15+. The van der Waals surface area contributed by atoms with Crippen molar-refractivity contribution >= 4 is 12.1 Å². The minimum atomic E-state index is -0.166. The molecule has 0 saturated carbocycles. The van der Waals surface area contributed by atoms with Crippen molar-refractivity contribution in [1.82, 2.24) is 20.2 Å². The van der Waals surface area contributed by atoms with Gasteiger partial charge in [-0.25, -0.2) is 5.43 Å². The molecule has 1 aliphatic heterocycles. The number of pyridine rings is 1. The van der Waals surface area contributed by atoms with E-state index >= 15 is 0 Å². The first-order valence-electron chi connectivity index (χ1n) is 9.74. The highest BCUT2D eigenvalue weighted by Crippen LogP contribution is 2.21. The van der Waals surface area contributed by atoms with Gasteiger partial charge in [-0.3, -0.25) is 19.6 Å². The third kappa shape index (κ3) is 6.23. The van der Waals surface area contributed by atoms with Crippen LogP contribution in [0.5, 0.6) is 5.75 Å². The van der Waals surface area contributed by atoms with Crippen LogP contribution in [-0.4, -0.2) is 64.7 Å². The van der Waals surface area contributed by atoms with Crippen LogP contribution in [0.25, 0.3) is 0 Å². The highest BCUT2D eigenvalue weighted by atomic mass is 16.3. The van der Waals surface area contributed by atoms with Crippen LogP contribution in [0.2, 0.25) is 0 Å². The van der Waals surface area contributed by atoms with Crippen molar-refractivity contribution < 1.29 is 9.90 Å². The van der Waals surface area contributed by atoms with Crippen molar-refractivity contribution in [2.75, 3.05) is 32.7 Å². The second-order valence-electron chi connectivity index (χ2n) is 7.01. The van der Waals surface area contributed by atoms with E-state index in [0.717, 1.165) is 44.0 Å². The van der Waals surface area contributed by atoms with Crippen LogP contribution in [0, 0.1) is 0 Å². The molecule has 7 nitrogen and oxygen atoms in total. The minimum Gasteiger partial charge on any atom is -0.507 e. The number of hydrazone groups is 1. The molecule has 3 rings (SSSR count). The Morgan fingerprint density at radius 2 is 1.97 bits per heavy atom. The molecule has 0 aliphatic carbocycles. The van der Waals surface area contributed by atoms with Crippen LogP contribution in [0.3, 0.4) is 0 Å². The Balaban J connectivity index is 1.42. The normalized spacial score (nSPS) is 15.4. The van der Waals surface area contributed by atoms with Crippen LogP contribution < -0.4 is 5.43 Å². The van der Waals surface area contributed by atoms with Crippen LogP contribution in [0.15, 0.2) is 60.4 Å². The molecular weight excluding hydrogens is 366 g/mol. The predicted molar refractivity (Wildman–Crippen MR) is 114 cm³/mol. The summed E-state index contributed by atoms with van der Waals surface area (Å²) in [5.74, 6) is -0.00408. The number of phenolic OH excluding ortho intramolecular Hbond substituents is 1. The molecule has 7 heteroatoms. The maximum atomic E-state index is 12.2. The first-order chi connectivity index (χ1) is 14.2. The van der Waals surface area contributed by atoms with Gasteiger partial charge in [0, 0.05) is 44.5 Å². The fraction of sp³-hybridized carbons (Fsp3) is 0.318. The van der Waals surface area contributed by atoms with Crippen molar-refractivity contribution in [3.63, 3.8) is 0 Å². The fourth-order valence-corrected chi connectivity index (χ4v) is 3.27. The number of carbonyl (C=O) groups is 1. The van der Waals surface area contributed by atoms with Crippen molar-refractivity contribution in [3.05, 3.63) is 72.1 Å². The zero-order valence-electron chi connectivity index (χ0n) is 16.5. The number of hydrogen-bond acceptors (Lipinski definition) is 6. The molecule has 1 fully saturated rings. The number of nitrogens with zero attached hydrogens (tertiary/aromatic N) is 4. The number of carbonyl (C=O) groups excluding carboxylic acids is 1. The van der Waals surface area contributed by atoms with Crippen molar-refractivity contribution in [3.8, 4) is 5.75 Å². The Kier molecular flexibility index (Phi) is 7.49. The van der Waals surface area contributed by atoms with Crippen molar-refractivity contribution in [1.29, 1.82) is 0 Å². The number of benzene rings is 1. The van der Waals surface area contributed by atoms with Crippen LogP contribution in [-0.2, 0) is 17.8 Å². The van der Waals surface area contributed by atoms with Gasteiger partial charge in [0.15, 0.2) is 0 Å². The summed E-state index contributed by atoms with van der Waals surface area (Å²) in [6.07, 6.45) is 5.58. The number of allylic oxidation sites excluding steroid dienone is 1. The number of aromatic hydroxyl groups is 1. The van der Waals surface area contributed by atoms with Gasteiger partial charge >= 0.3 is 0 Å². The molecule has 1 saturated heterocycles. The molecule has 0 radical (unpaired) electrons. The van der Waals surface area contributed by atoms with Gasteiger partial charge in [0.05, 0.1) is 18.5 Å². The van der Waals surface area contributed by atoms with Crippen molar-refractivity contribution in [2.24, 2.45) is 5.10 Å². The lowest BCUT2D eigenvalue weighted by Crippen LogP contribution is -2.48. The highest BCUT2D eigenvalue weighted by Gasteiger charge is 2.19. The summed E-state index contributed by atoms with van der Waals surface area (Å²) in [7, 11) is 0. The first-order valence-corrected chi connectivity index (χ1v) is 9.74. The summed E-state index contributed by atoms with van der Waals surface area (Å²) >= 11 is 0. The zero-order valence-corrected chi connectivity index (χ0v) is 16.5.